The van der Waals surface area contributed by atoms with Gasteiger partial charge in [0.1, 0.15) is 5.82 Å². The zero-order valence-corrected chi connectivity index (χ0v) is 17.9. The Morgan fingerprint density at radius 3 is 2.72 bits per heavy atom. The third-order valence-corrected chi connectivity index (χ3v) is 7.31. The van der Waals surface area contributed by atoms with E-state index in [1.54, 1.807) is 6.21 Å². The molecule has 3 heterocycles. The van der Waals surface area contributed by atoms with Gasteiger partial charge in [0.15, 0.2) is 9.84 Å². The second kappa shape index (κ2) is 7.26. The molecule has 1 saturated heterocycles. The Balaban J connectivity index is 1.58. The average Bonchev–Trinajstić information content (AvgIpc) is 3.16. The highest BCUT2D eigenvalue weighted by atomic mass is 32.2. The fourth-order valence-corrected chi connectivity index (χ4v) is 5.66. The van der Waals surface area contributed by atoms with E-state index >= 15 is 0 Å². The summed E-state index contributed by atoms with van der Waals surface area (Å²) in [6, 6.07) is 8.04. The van der Waals surface area contributed by atoms with Crippen LogP contribution in [-0.2, 0) is 9.84 Å². The summed E-state index contributed by atoms with van der Waals surface area (Å²) in [6.07, 6.45) is 2.34. The molecule has 1 fully saturated rings. The van der Waals surface area contributed by atoms with Crippen LogP contribution in [0.5, 0.6) is 0 Å². The van der Waals surface area contributed by atoms with E-state index in [0.717, 1.165) is 39.0 Å². The van der Waals surface area contributed by atoms with Gasteiger partial charge in [-0.05, 0) is 51.3 Å². The van der Waals surface area contributed by atoms with Crippen LogP contribution in [0.25, 0.3) is 10.9 Å². The predicted molar refractivity (Wildman–Crippen MR) is 116 cm³/mol. The van der Waals surface area contributed by atoms with Crippen LogP contribution in [0.15, 0.2) is 29.4 Å². The van der Waals surface area contributed by atoms with E-state index in [0.29, 0.717) is 12.2 Å². The first kappa shape index (κ1) is 19.6. The van der Waals surface area contributed by atoms with Gasteiger partial charge in [0, 0.05) is 16.6 Å². The van der Waals surface area contributed by atoms with Crippen molar-refractivity contribution in [2.45, 2.75) is 40.2 Å². The van der Waals surface area contributed by atoms with Crippen molar-refractivity contribution in [1.29, 1.82) is 0 Å². The maximum Gasteiger partial charge on any atom is 0.152 e. The monoisotopic (exact) mass is 411 g/mol. The molecule has 152 valence electrons. The highest BCUT2D eigenvalue weighted by Gasteiger charge is 2.31. The lowest BCUT2D eigenvalue weighted by Gasteiger charge is -2.10. The van der Waals surface area contributed by atoms with E-state index < -0.39 is 9.84 Å². The number of para-hydroxylation sites is 1. The number of fused-ring (bicyclic) bond motifs is 1. The Morgan fingerprint density at radius 2 is 2.00 bits per heavy atom. The van der Waals surface area contributed by atoms with Crippen LogP contribution >= 0.6 is 0 Å². The number of hydrazone groups is 1. The quantitative estimate of drug-likeness (QED) is 0.524. The van der Waals surface area contributed by atoms with E-state index in [2.05, 4.69) is 33.6 Å². The predicted octanol–water partition coefficient (Wildman–Crippen LogP) is 3.47. The number of nitrogens with zero attached hydrogens (tertiary/aromatic N) is 4. The van der Waals surface area contributed by atoms with Crippen molar-refractivity contribution in [3.63, 3.8) is 0 Å². The third-order valence-electron chi connectivity index (χ3n) is 5.56. The molecule has 0 aliphatic carbocycles. The molecular formula is C21H25N5O2S. The summed E-state index contributed by atoms with van der Waals surface area (Å²) in [7, 11) is -2.96. The Hall–Kier alpha value is -2.74. The number of rotatable bonds is 4. The SMILES string of the molecule is Cc1nn([C@@H]2CCS(=O)(=O)C2)c(C)c1/C=N\Nc1cc(C)c2cccc(C)c2n1. The molecule has 1 aliphatic heterocycles. The van der Waals surface area contributed by atoms with Gasteiger partial charge in [-0.2, -0.15) is 10.2 Å². The van der Waals surface area contributed by atoms with Crippen LogP contribution in [0, 0.1) is 27.7 Å². The summed E-state index contributed by atoms with van der Waals surface area (Å²) in [5.41, 5.74) is 8.90. The minimum atomic E-state index is -2.96. The van der Waals surface area contributed by atoms with Crippen molar-refractivity contribution in [3.05, 3.63) is 52.3 Å². The molecule has 1 aliphatic rings. The molecule has 7 nitrogen and oxygen atoms in total. The van der Waals surface area contributed by atoms with Gasteiger partial charge in [0.05, 0.1) is 35.0 Å². The summed E-state index contributed by atoms with van der Waals surface area (Å²) in [6.45, 7) is 7.97. The number of anilines is 1. The van der Waals surface area contributed by atoms with Crippen molar-refractivity contribution in [1.82, 2.24) is 14.8 Å². The number of aromatic nitrogens is 3. The maximum absolute atomic E-state index is 11.8. The van der Waals surface area contributed by atoms with Crippen LogP contribution in [0.4, 0.5) is 5.82 Å². The van der Waals surface area contributed by atoms with Gasteiger partial charge in [0.25, 0.3) is 0 Å². The normalized spacial score (nSPS) is 18.7. The molecule has 4 rings (SSSR count). The smallest absolute Gasteiger partial charge is 0.152 e. The molecule has 1 N–H and O–H groups in total. The minimum Gasteiger partial charge on any atom is -0.265 e. The summed E-state index contributed by atoms with van der Waals surface area (Å²) in [5.74, 6) is 1.07. The van der Waals surface area contributed by atoms with Crippen molar-refractivity contribution in [3.8, 4) is 0 Å². The Labute approximate surface area is 170 Å². The number of sulfone groups is 1. The first-order valence-electron chi connectivity index (χ1n) is 9.67. The van der Waals surface area contributed by atoms with E-state index in [1.165, 1.54) is 0 Å². The maximum atomic E-state index is 11.8. The van der Waals surface area contributed by atoms with Crippen LogP contribution in [0.1, 0.15) is 40.5 Å². The van der Waals surface area contributed by atoms with Gasteiger partial charge in [0.2, 0.25) is 0 Å². The first-order chi connectivity index (χ1) is 13.7. The standard InChI is InChI=1S/C21H25N5O2S/c1-13-6-5-7-18-14(2)10-20(23-21(13)18)24-22-11-19-15(3)25-26(16(19)4)17-8-9-29(27,28)12-17/h5-7,10-11,17H,8-9,12H2,1-4H3,(H,23,24)/b22-11-/t17-/m1/s1. The van der Waals surface area contributed by atoms with Crippen LogP contribution in [0.3, 0.4) is 0 Å². The number of benzene rings is 1. The summed E-state index contributed by atoms with van der Waals surface area (Å²) < 4.78 is 25.4. The Morgan fingerprint density at radius 1 is 1.21 bits per heavy atom. The lowest BCUT2D eigenvalue weighted by molar-refractivity contribution is 0.486. The average molecular weight is 412 g/mol. The van der Waals surface area contributed by atoms with Gasteiger partial charge >= 0.3 is 0 Å². The molecule has 3 aromatic rings. The molecule has 8 heteroatoms. The van der Waals surface area contributed by atoms with Crippen molar-refractivity contribution < 1.29 is 8.42 Å². The number of hydrogen-bond donors (Lipinski definition) is 1. The van der Waals surface area contributed by atoms with Gasteiger partial charge in [-0.25, -0.2) is 13.4 Å². The number of aryl methyl sites for hydroxylation is 3. The Bertz CT molecular complexity index is 1230. The van der Waals surface area contributed by atoms with Crippen molar-refractivity contribution in [2.24, 2.45) is 5.10 Å². The lowest BCUT2D eigenvalue weighted by atomic mass is 10.1. The molecule has 0 unspecified atom stereocenters. The minimum absolute atomic E-state index is 0.0958. The molecule has 0 radical (unpaired) electrons. The van der Waals surface area contributed by atoms with Gasteiger partial charge in [-0.3, -0.25) is 10.1 Å². The van der Waals surface area contributed by atoms with Crippen LogP contribution in [-0.4, -0.2) is 40.9 Å². The largest absolute Gasteiger partial charge is 0.265 e. The number of pyridine rings is 1. The zero-order chi connectivity index (χ0) is 20.8. The second-order valence-electron chi connectivity index (χ2n) is 7.75. The number of nitrogens with one attached hydrogen (secondary N) is 1. The molecule has 0 spiro atoms. The lowest BCUT2D eigenvalue weighted by Crippen LogP contribution is -2.14. The molecule has 1 atom stereocenters. The highest BCUT2D eigenvalue weighted by molar-refractivity contribution is 7.91. The zero-order valence-electron chi connectivity index (χ0n) is 17.1. The summed E-state index contributed by atoms with van der Waals surface area (Å²) in [5, 5.41) is 10.1. The fourth-order valence-electron chi connectivity index (χ4n) is 3.97. The Kier molecular flexibility index (Phi) is 4.90. The highest BCUT2D eigenvalue weighted by Crippen LogP contribution is 2.26. The molecule has 0 saturated carbocycles. The molecule has 0 amide bonds. The molecular weight excluding hydrogens is 386 g/mol. The second-order valence-corrected chi connectivity index (χ2v) is 9.98. The number of hydrogen-bond acceptors (Lipinski definition) is 6. The fraction of sp³-hybridized carbons (Fsp3) is 0.381. The summed E-state index contributed by atoms with van der Waals surface area (Å²) in [4.78, 5) is 4.68. The van der Waals surface area contributed by atoms with E-state index in [-0.39, 0.29) is 17.5 Å². The van der Waals surface area contributed by atoms with Crippen LogP contribution in [0.2, 0.25) is 0 Å². The molecule has 29 heavy (non-hydrogen) atoms. The van der Waals surface area contributed by atoms with Crippen molar-refractivity contribution >= 4 is 32.8 Å². The summed E-state index contributed by atoms with van der Waals surface area (Å²) >= 11 is 0. The van der Waals surface area contributed by atoms with Gasteiger partial charge < -0.3 is 0 Å². The molecule has 2 aromatic heterocycles. The van der Waals surface area contributed by atoms with E-state index in [9.17, 15) is 8.42 Å². The van der Waals surface area contributed by atoms with E-state index in [1.807, 2.05) is 43.7 Å². The molecule has 0 bridgehead atoms. The molecule has 1 aromatic carbocycles. The topological polar surface area (TPSA) is 89.2 Å². The van der Waals surface area contributed by atoms with Gasteiger partial charge in [-0.1, -0.05) is 18.2 Å². The van der Waals surface area contributed by atoms with Gasteiger partial charge in [-0.15, -0.1) is 0 Å². The van der Waals surface area contributed by atoms with Crippen molar-refractivity contribution in [2.75, 3.05) is 16.9 Å². The van der Waals surface area contributed by atoms with E-state index in [4.69, 9.17) is 0 Å². The third kappa shape index (κ3) is 3.76. The van der Waals surface area contributed by atoms with Crippen LogP contribution < -0.4 is 5.43 Å². The first-order valence-corrected chi connectivity index (χ1v) is 11.5.